The fourth-order valence-electron chi connectivity index (χ4n) is 1.85. The molecule has 5 heteroatoms. The fraction of sp³-hybridized carbons (Fsp3) is 0. The zero-order chi connectivity index (χ0) is 13.2. The van der Waals surface area contributed by atoms with Crippen molar-refractivity contribution in [3.8, 4) is 0 Å². The number of halogens is 1. The molecule has 0 radical (unpaired) electrons. The third kappa shape index (κ3) is 2.51. The maximum atomic E-state index is 12.1. The average molecular weight is 316 g/mol. The summed E-state index contributed by atoms with van der Waals surface area (Å²) >= 11 is 3.35. The molecule has 3 rings (SSSR count). The third-order valence-corrected chi connectivity index (χ3v) is 3.28. The molecule has 0 aliphatic carbocycles. The molecule has 0 aliphatic rings. The number of anilines is 1. The molecule has 0 atom stereocenters. The molecular formula is C14H10BrN3O. The number of carbonyl (C=O) groups is 1. The molecule has 2 N–H and O–H groups in total. The Kier molecular flexibility index (Phi) is 3.05. The van der Waals surface area contributed by atoms with E-state index in [0.29, 0.717) is 5.56 Å². The van der Waals surface area contributed by atoms with Crippen molar-refractivity contribution < 1.29 is 4.79 Å². The SMILES string of the molecule is O=C(Nc1ccc2cn[nH]c2c1)c1cccc(Br)c1. The van der Waals surface area contributed by atoms with Crippen molar-refractivity contribution >= 4 is 38.4 Å². The zero-order valence-corrected chi connectivity index (χ0v) is 11.4. The van der Waals surface area contributed by atoms with E-state index < -0.39 is 0 Å². The number of benzene rings is 2. The van der Waals surface area contributed by atoms with Gasteiger partial charge in [0.15, 0.2) is 0 Å². The molecule has 19 heavy (non-hydrogen) atoms. The normalized spacial score (nSPS) is 10.6. The number of hydrogen-bond acceptors (Lipinski definition) is 2. The lowest BCUT2D eigenvalue weighted by atomic mass is 10.2. The summed E-state index contributed by atoms with van der Waals surface area (Å²) < 4.78 is 0.879. The highest BCUT2D eigenvalue weighted by atomic mass is 79.9. The number of aromatic amines is 1. The highest BCUT2D eigenvalue weighted by Gasteiger charge is 2.07. The summed E-state index contributed by atoms with van der Waals surface area (Å²) in [6.45, 7) is 0. The monoisotopic (exact) mass is 315 g/mol. The first-order chi connectivity index (χ1) is 9.22. The number of nitrogens with zero attached hydrogens (tertiary/aromatic N) is 1. The first-order valence-corrected chi connectivity index (χ1v) is 6.52. The number of rotatable bonds is 2. The number of aromatic nitrogens is 2. The van der Waals surface area contributed by atoms with Crippen LogP contribution in [-0.2, 0) is 0 Å². The van der Waals surface area contributed by atoms with Gasteiger partial charge in [-0.25, -0.2) is 0 Å². The van der Waals surface area contributed by atoms with Gasteiger partial charge in [0.2, 0.25) is 0 Å². The number of fused-ring (bicyclic) bond motifs is 1. The van der Waals surface area contributed by atoms with Gasteiger partial charge in [-0.15, -0.1) is 0 Å². The van der Waals surface area contributed by atoms with Gasteiger partial charge in [0.1, 0.15) is 0 Å². The number of nitrogens with one attached hydrogen (secondary N) is 2. The number of carbonyl (C=O) groups excluding carboxylic acids is 1. The van der Waals surface area contributed by atoms with Gasteiger partial charge in [-0.1, -0.05) is 22.0 Å². The Labute approximate surface area is 118 Å². The quantitative estimate of drug-likeness (QED) is 0.759. The van der Waals surface area contributed by atoms with Gasteiger partial charge >= 0.3 is 0 Å². The fourth-order valence-corrected chi connectivity index (χ4v) is 2.25. The smallest absolute Gasteiger partial charge is 0.255 e. The molecule has 94 valence electrons. The van der Waals surface area contributed by atoms with Crippen LogP contribution in [0.4, 0.5) is 5.69 Å². The van der Waals surface area contributed by atoms with E-state index in [1.54, 1.807) is 18.3 Å². The van der Waals surface area contributed by atoms with Crippen LogP contribution in [-0.4, -0.2) is 16.1 Å². The van der Waals surface area contributed by atoms with Crippen LogP contribution < -0.4 is 5.32 Å². The standard InChI is InChI=1S/C14H10BrN3O/c15-11-3-1-2-9(6-11)14(19)17-12-5-4-10-8-16-18-13(10)7-12/h1-8H,(H,16,18)(H,17,19). The van der Waals surface area contributed by atoms with E-state index in [9.17, 15) is 4.79 Å². The first-order valence-electron chi connectivity index (χ1n) is 5.72. The van der Waals surface area contributed by atoms with Crippen LogP contribution in [0, 0.1) is 0 Å². The van der Waals surface area contributed by atoms with Crippen LogP contribution in [0.25, 0.3) is 10.9 Å². The van der Waals surface area contributed by atoms with Crippen LogP contribution in [0.2, 0.25) is 0 Å². The molecule has 0 fully saturated rings. The third-order valence-electron chi connectivity index (χ3n) is 2.79. The lowest BCUT2D eigenvalue weighted by Gasteiger charge is -2.05. The van der Waals surface area contributed by atoms with Gasteiger partial charge in [0, 0.05) is 21.1 Å². The van der Waals surface area contributed by atoms with Crippen LogP contribution in [0.15, 0.2) is 53.1 Å². The summed E-state index contributed by atoms with van der Waals surface area (Å²) in [5, 5.41) is 10.7. The average Bonchev–Trinajstić information content (AvgIpc) is 2.86. The summed E-state index contributed by atoms with van der Waals surface area (Å²) in [6.07, 6.45) is 1.75. The molecule has 0 bridgehead atoms. The van der Waals surface area contributed by atoms with Crippen LogP contribution in [0.5, 0.6) is 0 Å². The second-order valence-corrected chi connectivity index (χ2v) is 5.05. The molecule has 1 aromatic heterocycles. The minimum Gasteiger partial charge on any atom is -0.322 e. The van der Waals surface area contributed by atoms with Crippen molar-refractivity contribution in [2.45, 2.75) is 0 Å². The summed E-state index contributed by atoms with van der Waals surface area (Å²) in [5.41, 5.74) is 2.24. The summed E-state index contributed by atoms with van der Waals surface area (Å²) in [6, 6.07) is 12.9. The van der Waals surface area contributed by atoms with Crippen molar-refractivity contribution in [3.63, 3.8) is 0 Å². The van der Waals surface area contributed by atoms with Gasteiger partial charge in [-0.05, 0) is 36.4 Å². The largest absolute Gasteiger partial charge is 0.322 e. The van der Waals surface area contributed by atoms with E-state index in [4.69, 9.17) is 0 Å². The minimum atomic E-state index is -0.139. The van der Waals surface area contributed by atoms with Gasteiger partial charge in [0.25, 0.3) is 5.91 Å². The highest BCUT2D eigenvalue weighted by molar-refractivity contribution is 9.10. The van der Waals surface area contributed by atoms with E-state index in [0.717, 1.165) is 21.1 Å². The summed E-state index contributed by atoms with van der Waals surface area (Å²) in [4.78, 5) is 12.1. The first kappa shape index (κ1) is 11.9. The summed E-state index contributed by atoms with van der Waals surface area (Å²) in [7, 11) is 0. The van der Waals surface area contributed by atoms with Crippen LogP contribution in [0.3, 0.4) is 0 Å². The van der Waals surface area contributed by atoms with Gasteiger partial charge < -0.3 is 5.32 Å². The predicted molar refractivity (Wildman–Crippen MR) is 78.2 cm³/mol. The summed E-state index contributed by atoms with van der Waals surface area (Å²) in [5.74, 6) is -0.139. The van der Waals surface area contributed by atoms with Crippen LogP contribution in [0.1, 0.15) is 10.4 Å². The van der Waals surface area contributed by atoms with Crippen molar-refractivity contribution in [1.82, 2.24) is 10.2 Å². The van der Waals surface area contributed by atoms with Gasteiger partial charge in [-0.3, -0.25) is 9.89 Å². The Morgan fingerprint density at radius 2 is 2.11 bits per heavy atom. The Balaban J connectivity index is 1.86. The lowest BCUT2D eigenvalue weighted by molar-refractivity contribution is 0.102. The van der Waals surface area contributed by atoms with E-state index in [1.807, 2.05) is 30.3 Å². The number of hydrogen-bond donors (Lipinski definition) is 2. The maximum absolute atomic E-state index is 12.1. The molecule has 0 spiro atoms. The number of amides is 1. The molecule has 0 aliphatic heterocycles. The Morgan fingerprint density at radius 1 is 1.21 bits per heavy atom. The van der Waals surface area contributed by atoms with Gasteiger partial charge in [-0.2, -0.15) is 5.10 Å². The van der Waals surface area contributed by atoms with E-state index >= 15 is 0 Å². The Bertz CT molecular complexity index is 751. The second-order valence-electron chi connectivity index (χ2n) is 4.14. The van der Waals surface area contributed by atoms with Crippen molar-refractivity contribution in [2.75, 3.05) is 5.32 Å². The Morgan fingerprint density at radius 3 is 2.95 bits per heavy atom. The number of H-pyrrole nitrogens is 1. The molecular weight excluding hydrogens is 306 g/mol. The minimum absolute atomic E-state index is 0.139. The topological polar surface area (TPSA) is 57.8 Å². The molecule has 0 saturated carbocycles. The van der Waals surface area contributed by atoms with Gasteiger partial charge in [0.05, 0.1) is 11.7 Å². The van der Waals surface area contributed by atoms with Crippen molar-refractivity contribution in [1.29, 1.82) is 0 Å². The molecule has 1 amide bonds. The van der Waals surface area contributed by atoms with E-state index in [1.165, 1.54) is 0 Å². The lowest BCUT2D eigenvalue weighted by Crippen LogP contribution is -2.11. The predicted octanol–water partition coefficient (Wildman–Crippen LogP) is 3.58. The maximum Gasteiger partial charge on any atom is 0.255 e. The molecule has 1 heterocycles. The highest BCUT2D eigenvalue weighted by Crippen LogP contribution is 2.18. The zero-order valence-electron chi connectivity index (χ0n) is 9.85. The Hall–Kier alpha value is -2.14. The molecule has 2 aromatic carbocycles. The second kappa shape index (κ2) is 4.85. The molecule has 3 aromatic rings. The van der Waals surface area contributed by atoms with E-state index in [-0.39, 0.29) is 5.91 Å². The molecule has 0 saturated heterocycles. The van der Waals surface area contributed by atoms with Crippen LogP contribution >= 0.6 is 15.9 Å². The van der Waals surface area contributed by atoms with E-state index in [2.05, 4.69) is 31.4 Å². The van der Waals surface area contributed by atoms with Crippen molar-refractivity contribution in [3.05, 3.63) is 58.7 Å². The van der Waals surface area contributed by atoms with Crippen molar-refractivity contribution in [2.24, 2.45) is 0 Å². The molecule has 4 nitrogen and oxygen atoms in total. The molecule has 0 unspecified atom stereocenters.